The van der Waals surface area contributed by atoms with Crippen molar-refractivity contribution in [2.75, 3.05) is 19.6 Å². The van der Waals surface area contributed by atoms with Crippen LogP contribution in [0.4, 0.5) is 0 Å². The van der Waals surface area contributed by atoms with Gasteiger partial charge in [0.1, 0.15) is 5.76 Å². The van der Waals surface area contributed by atoms with Crippen LogP contribution < -0.4 is 10.6 Å². The summed E-state index contributed by atoms with van der Waals surface area (Å²) < 4.78 is 5.01. The quantitative estimate of drug-likeness (QED) is 0.584. The first-order valence-electron chi connectivity index (χ1n) is 8.74. The summed E-state index contributed by atoms with van der Waals surface area (Å²) in [7, 11) is 0. The summed E-state index contributed by atoms with van der Waals surface area (Å²) >= 11 is 0. The van der Waals surface area contributed by atoms with Crippen molar-refractivity contribution in [3.8, 4) is 0 Å². The zero-order valence-electron chi connectivity index (χ0n) is 14.9. The molecule has 0 aliphatic carbocycles. The predicted octanol–water partition coefficient (Wildman–Crippen LogP) is 0.817. The molecule has 0 spiro atoms. The average molecular weight is 350 g/mol. The molecule has 0 unspecified atom stereocenters. The Labute approximate surface area is 147 Å². The van der Waals surface area contributed by atoms with E-state index in [4.69, 9.17) is 4.52 Å². The van der Waals surface area contributed by atoms with E-state index < -0.39 is 11.8 Å². The van der Waals surface area contributed by atoms with Gasteiger partial charge in [-0.3, -0.25) is 14.4 Å². The van der Waals surface area contributed by atoms with Crippen LogP contribution in [0.2, 0.25) is 0 Å². The molecule has 1 aliphatic heterocycles. The number of aryl methyl sites for hydroxylation is 2. The number of amides is 3. The maximum absolute atomic E-state index is 11.9. The third-order valence-electron chi connectivity index (χ3n) is 4.37. The van der Waals surface area contributed by atoms with E-state index in [9.17, 15) is 14.4 Å². The van der Waals surface area contributed by atoms with Crippen LogP contribution in [-0.2, 0) is 20.9 Å². The number of hydrogen-bond acceptors (Lipinski definition) is 5. The standard InChI is InChI=1S/C17H26N4O4/c1-12-14(13(2)25-20-12)11-19-17(24)16(23)18-8-6-10-21-9-5-3-4-7-15(21)22/h3-11H2,1-2H3,(H,18,23)(H,19,24). The molecule has 1 aliphatic rings. The number of likely N-dealkylation sites (tertiary alicyclic amines) is 1. The molecule has 0 radical (unpaired) electrons. The van der Waals surface area contributed by atoms with Gasteiger partial charge < -0.3 is 20.1 Å². The maximum Gasteiger partial charge on any atom is 0.309 e. The van der Waals surface area contributed by atoms with Gasteiger partial charge >= 0.3 is 11.8 Å². The summed E-state index contributed by atoms with van der Waals surface area (Å²) in [5.74, 6) is -0.554. The van der Waals surface area contributed by atoms with Gasteiger partial charge in [0.25, 0.3) is 0 Å². The number of carbonyl (C=O) groups is 3. The van der Waals surface area contributed by atoms with Gasteiger partial charge in [-0.1, -0.05) is 11.6 Å². The molecular formula is C17H26N4O4. The normalized spacial score (nSPS) is 15.0. The lowest BCUT2D eigenvalue weighted by molar-refractivity contribution is -0.139. The van der Waals surface area contributed by atoms with Crippen LogP contribution in [0.25, 0.3) is 0 Å². The summed E-state index contributed by atoms with van der Waals surface area (Å²) in [6.45, 7) is 5.50. The van der Waals surface area contributed by atoms with Crippen LogP contribution in [0.1, 0.15) is 49.1 Å². The fourth-order valence-corrected chi connectivity index (χ4v) is 2.83. The van der Waals surface area contributed by atoms with Gasteiger partial charge in [-0.15, -0.1) is 0 Å². The molecule has 0 bridgehead atoms. The van der Waals surface area contributed by atoms with E-state index in [0.29, 0.717) is 37.4 Å². The summed E-state index contributed by atoms with van der Waals surface area (Å²) in [5, 5.41) is 8.94. The minimum atomic E-state index is -0.689. The van der Waals surface area contributed by atoms with Crippen LogP contribution in [0.15, 0.2) is 4.52 Å². The van der Waals surface area contributed by atoms with Gasteiger partial charge in [0.2, 0.25) is 5.91 Å². The highest BCUT2D eigenvalue weighted by Crippen LogP contribution is 2.12. The van der Waals surface area contributed by atoms with Crippen LogP contribution in [0.3, 0.4) is 0 Å². The average Bonchev–Trinajstić information content (AvgIpc) is 2.78. The van der Waals surface area contributed by atoms with Gasteiger partial charge in [-0.25, -0.2) is 0 Å². The number of nitrogens with one attached hydrogen (secondary N) is 2. The van der Waals surface area contributed by atoms with Crippen LogP contribution in [-0.4, -0.2) is 47.4 Å². The minimum Gasteiger partial charge on any atom is -0.361 e. The smallest absolute Gasteiger partial charge is 0.309 e. The first kappa shape index (κ1) is 19.0. The lowest BCUT2D eigenvalue weighted by Crippen LogP contribution is -2.41. The van der Waals surface area contributed by atoms with E-state index >= 15 is 0 Å². The second kappa shape index (κ2) is 9.19. The Kier molecular flexibility index (Phi) is 6.97. The lowest BCUT2D eigenvalue weighted by Gasteiger charge is -2.20. The Morgan fingerprint density at radius 2 is 1.92 bits per heavy atom. The number of rotatable bonds is 6. The van der Waals surface area contributed by atoms with Crippen molar-refractivity contribution < 1.29 is 18.9 Å². The van der Waals surface area contributed by atoms with Crippen molar-refractivity contribution in [2.45, 2.75) is 52.5 Å². The van der Waals surface area contributed by atoms with Gasteiger partial charge in [0.05, 0.1) is 5.69 Å². The Morgan fingerprint density at radius 3 is 2.64 bits per heavy atom. The topological polar surface area (TPSA) is 105 Å². The third kappa shape index (κ3) is 5.58. The van der Waals surface area contributed by atoms with Gasteiger partial charge in [0, 0.05) is 38.2 Å². The zero-order chi connectivity index (χ0) is 18.2. The van der Waals surface area contributed by atoms with Crippen molar-refractivity contribution >= 4 is 17.7 Å². The Hall–Kier alpha value is -2.38. The molecule has 138 valence electrons. The maximum atomic E-state index is 11.9. The Bertz CT molecular complexity index is 607. The first-order valence-corrected chi connectivity index (χ1v) is 8.74. The van der Waals surface area contributed by atoms with E-state index in [1.54, 1.807) is 13.8 Å². The second-order valence-electron chi connectivity index (χ2n) is 6.29. The van der Waals surface area contributed by atoms with Gasteiger partial charge in [-0.05, 0) is 33.1 Å². The highest BCUT2D eigenvalue weighted by atomic mass is 16.5. The van der Waals surface area contributed by atoms with Gasteiger partial charge in [-0.2, -0.15) is 0 Å². The highest BCUT2D eigenvalue weighted by Gasteiger charge is 2.17. The summed E-state index contributed by atoms with van der Waals surface area (Å²) in [5.41, 5.74) is 1.47. The molecule has 1 fully saturated rings. The Balaban J connectivity index is 1.65. The van der Waals surface area contributed by atoms with Crippen LogP contribution >= 0.6 is 0 Å². The molecule has 1 aromatic rings. The number of hydrogen-bond donors (Lipinski definition) is 2. The minimum absolute atomic E-state index is 0.182. The molecule has 8 nitrogen and oxygen atoms in total. The van der Waals surface area contributed by atoms with Crippen molar-refractivity contribution in [1.82, 2.24) is 20.7 Å². The fourth-order valence-electron chi connectivity index (χ4n) is 2.83. The summed E-state index contributed by atoms with van der Waals surface area (Å²) in [6, 6.07) is 0. The molecule has 0 saturated carbocycles. The molecule has 1 saturated heterocycles. The SMILES string of the molecule is Cc1noc(C)c1CNC(=O)C(=O)NCCCN1CCCCCC1=O. The molecule has 25 heavy (non-hydrogen) atoms. The first-order chi connectivity index (χ1) is 12.0. The van der Waals surface area contributed by atoms with Crippen LogP contribution in [0, 0.1) is 13.8 Å². The Morgan fingerprint density at radius 1 is 1.16 bits per heavy atom. The van der Waals surface area contributed by atoms with Crippen molar-refractivity contribution in [1.29, 1.82) is 0 Å². The summed E-state index contributed by atoms with van der Waals surface area (Å²) in [4.78, 5) is 37.3. The van der Waals surface area contributed by atoms with Crippen LogP contribution in [0.5, 0.6) is 0 Å². The largest absolute Gasteiger partial charge is 0.361 e. The van der Waals surface area contributed by atoms with E-state index in [2.05, 4.69) is 15.8 Å². The number of aromatic nitrogens is 1. The zero-order valence-corrected chi connectivity index (χ0v) is 14.9. The van der Waals surface area contributed by atoms with Crippen molar-refractivity contribution in [2.24, 2.45) is 0 Å². The fraction of sp³-hybridized carbons (Fsp3) is 0.647. The summed E-state index contributed by atoms with van der Waals surface area (Å²) in [6.07, 6.45) is 4.31. The predicted molar refractivity (Wildman–Crippen MR) is 90.5 cm³/mol. The van der Waals surface area contributed by atoms with E-state index in [1.807, 2.05) is 4.90 Å². The number of nitrogens with zero attached hydrogens (tertiary/aromatic N) is 2. The lowest BCUT2D eigenvalue weighted by atomic mass is 10.2. The van der Waals surface area contributed by atoms with Crippen molar-refractivity contribution in [3.63, 3.8) is 0 Å². The molecule has 0 atom stereocenters. The van der Waals surface area contributed by atoms with Gasteiger partial charge in [0.15, 0.2) is 0 Å². The molecule has 3 amide bonds. The van der Waals surface area contributed by atoms with Crippen molar-refractivity contribution in [3.05, 3.63) is 17.0 Å². The van der Waals surface area contributed by atoms with E-state index in [1.165, 1.54) is 0 Å². The molecule has 1 aromatic heterocycles. The molecule has 2 N–H and O–H groups in total. The number of carbonyl (C=O) groups excluding carboxylic acids is 3. The third-order valence-corrected chi connectivity index (χ3v) is 4.37. The monoisotopic (exact) mass is 350 g/mol. The van der Waals surface area contributed by atoms with E-state index in [0.717, 1.165) is 31.4 Å². The molecular weight excluding hydrogens is 324 g/mol. The molecule has 8 heteroatoms. The highest BCUT2D eigenvalue weighted by molar-refractivity contribution is 6.35. The van der Waals surface area contributed by atoms with E-state index in [-0.39, 0.29) is 12.5 Å². The second-order valence-corrected chi connectivity index (χ2v) is 6.29. The molecule has 0 aromatic carbocycles. The molecule has 2 rings (SSSR count). The molecule has 2 heterocycles.